The third kappa shape index (κ3) is 15.0. The van der Waals surface area contributed by atoms with Crippen molar-refractivity contribution in [3.8, 4) is 0 Å². The summed E-state index contributed by atoms with van der Waals surface area (Å²) in [5, 5.41) is 11.5. The number of carboxylic acids is 1. The highest BCUT2D eigenvalue weighted by Crippen LogP contribution is 2.21. The Labute approximate surface area is 163 Å². The Hall–Kier alpha value is -1.79. The van der Waals surface area contributed by atoms with Gasteiger partial charge in [0.25, 0.3) is 0 Å². The second-order valence-electron chi connectivity index (χ2n) is 7.76. The normalized spacial score (nSPS) is 13.3. The van der Waals surface area contributed by atoms with E-state index < -0.39 is 24.3 Å². The monoisotopic (exact) mass is 387 g/mol. The molecule has 1 amide bonds. The Bertz CT molecular complexity index is 450. The maximum atomic E-state index is 11.7. The molecule has 7 nitrogen and oxygen atoms in total. The van der Waals surface area contributed by atoms with Crippen LogP contribution in [0.1, 0.15) is 79.6 Å². The predicted octanol–water partition coefficient (Wildman–Crippen LogP) is 4.35. The van der Waals surface area contributed by atoms with Crippen LogP contribution >= 0.6 is 0 Å². The molecular formula is C20H37NO6. The molecule has 0 saturated carbocycles. The first-order valence-corrected chi connectivity index (χ1v) is 9.98. The van der Waals surface area contributed by atoms with E-state index in [-0.39, 0.29) is 12.3 Å². The molecule has 0 radical (unpaired) electrons. The molecule has 7 heteroatoms. The largest absolute Gasteiger partial charge is 0.481 e. The highest BCUT2D eigenvalue weighted by molar-refractivity contribution is 5.72. The molecule has 0 heterocycles. The molecule has 0 aliphatic heterocycles. The first kappa shape index (κ1) is 25.2. The van der Waals surface area contributed by atoms with Gasteiger partial charge in [0.15, 0.2) is 0 Å². The highest BCUT2D eigenvalue weighted by Gasteiger charge is 2.16. The van der Waals surface area contributed by atoms with Crippen LogP contribution in [0.25, 0.3) is 0 Å². The Kier molecular flexibility index (Phi) is 13.3. The molecule has 2 N–H and O–H groups in total. The van der Waals surface area contributed by atoms with Gasteiger partial charge in [-0.2, -0.15) is 0 Å². The molecule has 0 aromatic carbocycles. The fraction of sp³-hybridized carbons (Fsp3) is 0.850. The number of carbonyl (C=O) groups is 3. The van der Waals surface area contributed by atoms with Crippen LogP contribution in [0.2, 0.25) is 0 Å². The summed E-state index contributed by atoms with van der Waals surface area (Å²) in [6.45, 7) is 9.71. The van der Waals surface area contributed by atoms with E-state index in [1.54, 1.807) is 13.8 Å². The lowest BCUT2D eigenvalue weighted by molar-refractivity contribution is -0.168. The van der Waals surface area contributed by atoms with E-state index in [9.17, 15) is 14.4 Å². The number of amides is 1. The molecule has 0 rings (SSSR count). The Balaban J connectivity index is 4.09. The second kappa shape index (κ2) is 14.3. The van der Waals surface area contributed by atoms with Crippen molar-refractivity contribution < 1.29 is 29.0 Å². The molecule has 0 spiro atoms. The minimum absolute atomic E-state index is 0.181. The Morgan fingerprint density at radius 2 is 1.52 bits per heavy atom. The SMILES string of the molecule is CC(C)CCC[C@@H](CCCNC(=O)O[C@H](C)OC(=O)C(C)C)CCC(=O)O. The fourth-order valence-corrected chi connectivity index (χ4v) is 2.67. The number of nitrogens with one attached hydrogen (secondary N) is 1. The maximum Gasteiger partial charge on any atom is 0.410 e. The van der Waals surface area contributed by atoms with Gasteiger partial charge in [0.05, 0.1) is 5.92 Å². The van der Waals surface area contributed by atoms with Gasteiger partial charge < -0.3 is 19.9 Å². The van der Waals surface area contributed by atoms with Crippen molar-refractivity contribution in [3.05, 3.63) is 0 Å². The number of rotatable bonds is 14. The van der Waals surface area contributed by atoms with Gasteiger partial charge in [0, 0.05) is 19.9 Å². The zero-order chi connectivity index (χ0) is 20.8. The number of ether oxygens (including phenoxy) is 2. The molecule has 0 aromatic heterocycles. The van der Waals surface area contributed by atoms with Crippen molar-refractivity contribution in [1.82, 2.24) is 5.32 Å². The number of alkyl carbamates (subject to hydrolysis) is 1. The van der Waals surface area contributed by atoms with Gasteiger partial charge in [0.2, 0.25) is 6.29 Å². The zero-order valence-corrected chi connectivity index (χ0v) is 17.5. The van der Waals surface area contributed by atoms with E-state index in [2.05, 4.69) is 19.2 Å². The van der Waals surface area contributed by atoms with Crippen molar-refractivity contribution in [2.45, 2.75) is 85.9 Å². The number of aliphatic carboxylic acids is 1. The average Bonchev–Trinajstić information content (AvgIpc) is 2.54. The Morgan fingerprint density at radius 3 is 2.07 bits per heavy atom. The molecule has 0 aliphatic rings. The third-order valence-electron chi connectivity index (χ3n) is 4.25. The lowest BCUT2D eigenvalue weighted by atomic mass is 9.90. The number of carboxylic acid groups (broad SMARTS) is 1. The number of esters is 1. The maximum absolute atomic E-state index is 11.7. The molecule has 0 saturated heterocycles. The van der Waals surface area contributed by atoms with Gasteiger partial charge in [-0.3, -0.25) is 9.59 Å². The number of hydrogen-bond donors (Lipinski definition) is 2. The van der Waals surface area contributed by atoms with Gasteiger partial charge in [-0.25, -0.2) is 4.79 Å². The minimum atomic E-state index is -0.931. The van der Waals surface area contributed by atoms with E-state index in [0.717, 1.165) is 32.1 Å². The van der Waals surface area contributed by atoms with Crippen molar-refractivity contribution in [3.63, 3.8) is 0 Å². The minimum Gasteiger partial charge on any atom is -0.481 e. The molecule has 27 heavy (non-hydrogen) atoms. The van der Waals surface area contributed by atoms with Crippen LogP contribution in [0.15, 0.2) is 0 Å². The zero-order valence-electron chi connectivity index (χ0n) is 17.5. The quantitative estimate of drug-likeness (QED) is 0.261. The van der Waals surface area contributed by atoms with Gasteiger partial charge in [-0.15, -0.1) is 0 Å². The van der Waals surface area contributed by atoms with E-state index in [4.69, 9.17) is 14.6 Å². The molecule has 0 fully saturated rings. The first-order chi connectivity index (χ1) is 12.6. The van der Waals surface area contributed by atoms with E-state index in [1.807, 2.05) is 0 Å². The number of carbonyl (C=O) groups excluding carboxylic acids is 2. The third-order valence-corrected chi connectivity index (χ3v) is 4.25. The molecule has 0 bridgehead atoms. The lowest BCUT2D eigenvalue weighted by Gasteiger charge is -2.18. The van der Waals surface area contributed by atoms with E-state index >= 15 is 0 Å². The average molecular weight is 388 g/mol. The standard InChI is InChI=1S/C20H37NO6/c1-14(2)8-6-9-17(11-12-18(22)23)10-7-13-21-20(25)27-16(5)26-19(24)15(3)4/h14-17H,6-13H2,1-5H3,(H,21,25)(H,22,23)/t16-,17+/m1/s1. The van der Waals surface area contributed by atoms with Gasteiger partial charge >= 0.3 is 18.0 Å². The summed E-state index contributed by atoms with van der Waals surface area (Å²) < 4.78 is 9.94. The van der Waals surface area contributed by atoms with Crippen molar-refractivity contribution >= 4 is 18.0 Å². The molecule has 0 aromatic rings. The molecule has 158 valence electrons. The summed E-state index contributed by atoms with van der Waals surface area (Å²) in [4.78, 5) is 34.0. The second-order valence-corrected chi connectivity index (χ2v) is 7.76. The Morgan fingerprint density at radius 1 is 0.889 bits per heavy atom. The van der Waals surface area contributed by atoms with Crippen molar-refractivity contribution in [2.24, 2.45) is 17.8 Å². The summed E-state index contributed by atoms with van der Waals surface area (Å²) in [5.41, 5.74) is 0. The van der Waals surface area contributed by atoms with Crippen LogP contribution in [0.5, 0.6) is 0 Å². The summed E-state index contributed by atoms with van der Waals surface area (Å²) in [5.74, 6) is -0.469. The topological polar surface area (TPSA) is 102 Å². The fourth-order valence-electron chi connectivity index (χ4n) is 2.67. The van der Waals surface area contributed by atoms with Gasteiger partial charge in [-0.05, 0) is 31.1 Å². The van der Waals surface area contributed by atoms with E-state index in [1.165, 1.54) is 6.92 Å². The summed E-state index contributed by atoms with van der Waals surface area (Å²) in [6, 6.07) is 0. The van der Waals surface area contributed by atoms with Crippen molar-refractivity contribution in [1.29, 1.82) is 0 Å². The smallest absolute Gasteiger partial charge is 0.410 e. The molecule has 0 aliphatic carbocycles. The summed E-state index contributed by atoms with van der Waals surface area (Å²) in [7, 11) is 0. The molecule has 0 unspecified atom stereocenters. The summed E-state index contributed by atoms with van der Waals surface area (Å²) in [6.07, 6.45) is 4.15. The van der Waals surface area contributed by atoms with Crippen LogP contribution in [0, 0.1) is 17.8 Å². The summed E-state index contributed by atoms with van der Waals surface area (Å²) >= 11 is 0. The van der Waals surface area contributed by atoms with Gasteiger partial charge in [-0.1, -0.05) is 47.0 Å². The van der Waals surface area contributed by atoms with Crippen molar-refractivity contribution in [2.75, 3.05) is 6.54 Å². The van der Waals surface area contributed by atoms with Crippen LogP contribution in [0.3, 0.4) is 0 Å². The highest BCUT2D eigenvalue weighted by atomic mass is 16.7. The molecule has 2 atom stereocenters. The first-order valence-electron chi connectivity index (χ1n) is 9.98. The van der Waals surface area contributed by atoms with Crippen LogP contribution < -0.4 is 5.32 Å². The molecular weight excluding hydrogens is 350 g/mol. The predicted molar refractivity (Wildman–Crippen MR) is 103 cm³/mol. The number of hydrogen-bond acceptors (Lipinski definition) is 5. The van der Waals surface area contributed by atoms with Crippen LogP contribution in [0.4, 0.5) is 4.79 Å². The van der Waals surface area contributed by atoms with E-state index in [0.29, 0.717) is 24.8 Å². The lowest BCUT2D eigenvalue weighted by Crippen LogP contribution is -2.31. The van der Waals surface area contributed by atoms with Crippen LogP contribution in [-0.2, 0) is 19.1 Å². The van der Waals surface area contributed by atoms with Crippen LogP contribution in [-0.4, -0.2) is 36.0 Å². The van der Waals surface area contributed by atoms with Gasteiger partial charge in [0.1, 0.15) is 0 Å².